The molecule has 0 fully saturated rings. The minimum absolute atomic E-state index is 0.0487. The number of esters is 1. The van der Waals surface area contributed by atoms with Crippen molar-refractivity contribution in [3.8, 4) is 0 Å². The van der Waals surface area contributed by atoms with Gasteiger partial charge in [0.25, 0.3) is 0 Å². The van der Waals surface area contributed by atoms with Crippen LogP contribution in [0, 0.1) is 0 Å². The number of aliphatic imine (C=N–C) groups is 1. The van der Waals surface area contributed by atoms with Gasteiger partial charge in [0.2, 0.25) is 6.08 Å². The first-order valence-corrected chi connectivity index (χ1v) is 3.40. The van der Waals surface area contributed by atoms with Crippen molar-refractivity contribution in [2.45, 2.75) is 19.4 Å². The molecule has 0 heterocycles. The van der Waals surface area contributed by atoms with Gasteiger partial charge in [-0.05, 0) is 13.8 Å². The van der Waals surface area contributed by atoms with Gasteiger partial charge in [0.1, 0.15) is 12.1 Å². The third-order valence-electron chi connectivity index (χ3n) is 1.08. The Hall–Kier alpha value is -1.41. The molecule has 66 valence electrons. The summed E-state index contributed by atoms with van der Waals surface area (Å²) in [5.74, 6) is -0.524. The van der Waals surface area contributed by atoms with Crippen molar-refractivity contribution < 1.29 is 14.3 Å². The van der Waals surface area contributed by atoms with Gasteiger partial charge in [-0.15, -0.1) is 0 Å². The molecule has 0 saturated heterocycles. The molecule has 0 aliphatic rings. The van der Waals surface area contributed by atoms with Crippen molar-refractivity contribution in [1.82, 2.24) is 0 Å². The Balaban J connectivity index is 3.99. The molecule has 0 aliphatic carbocycles. The van der Waals surface area contributed by atoms with Crippen LogP contribution in [0.25, 0.3) is 0 Å². The largest absolute Gasteiger partial charge is 0.460 e. The summed E-state index contributed by atoms with van der Waals surface area (Å²) in [5.41, 5.74) is -0.708. The Kier molecular flexibility index (Phi) is 3.94. The highest BCUT2D eigenvalue weighted by molar-refractivity contribution is 5.81. The van der Waals surface area contributed by atoms with E-state index < -0.39 is 11.5 Å². The zero-order valence-corrected chi connectivity index (χ0v) is 7.16. The predicted molar refractivity (Wildman–Crippen MR) is 43.4 cm³/mol. The second-order valence-electron chi connectivity index (χ2n) is 2.83. The van der Waals surface area contributed by atoms with Crippen LogP contribution in [0.4, 0.5) is 0 Å². The Labute approximate surface area is 70.9 Å². The van der Waals surface area contributed by atoms with Gasteiger partial charge in [0.15, 0.2) is 0 Å². The summed E-state index contributed by atoms with van der Waals surface area (Å²) < 4.78 is 4.68. The maximum absolute atomic E-state index is 10.6. The maximum Gasteiger partial charge on any atom is 0.330 e. The first-order valence-electron chi connectivity index (χ1n) is 3.40. The first-order chi connectivity index (χ1) is 5.52. The summed E-state index contributed by atoms with van der Waals surface area (Å²) in [7, 11) is 0. The summed E-state index contributed by atoms with van der Waals surface area (Å²) in [6, 6.07) is 0. The van der Waals surface area contributed by atoms with Gasteiger partial charge in [-0.25, -0.2) is 9.59 Å². The van der Waals surface area contributed by atoms with E-state index >= 15 is 0 Å². The van der Waals surface area contributed by atoms with Crippen molar-refractivity contribution in [2.75, 3.05) is 6.61 Å². The number of nitrogens with zero attached hydrogens (tertiary/aromatic N) is 1. The van der Waals surface area contributed by atoms with Gasteiger partial charge in [-0.1, -0.05) is 6.58 Å². The molecule has 4 heteroatoms. The van der Waals surface area contributed by atoms with Crippen molar-refractivity contribution >= 4 is 12.0 Å². The molecule has 0 N–H and O–H groups in total. The standard InChI is InChI=1S/C8H11NO3/c1-4-7(11)12-5-8(2,3)9-6-10/h4H,1,5H2,2-3H3. The number of rotatable bonds is 4. The average Bonchev–Trinajstić information content (AvgIpc) is 2.00. The Morgan fingerprint density at radius 1 is 1.75 bits per heavy atom. The van der Waals surface area contributed by atoms with Gasteiger partial charge < -0.3 is 4.74 Å². The van der Waals surface area contributed by atoms with Gasteiger partial charge in [0, 0.05) is 6.08 Å². The van der Waals surface area contributed by atoms with E-state index in [0.717, 1.165) is 6.08 Å². The van der Waals surface area contributed by atoms with E-state index in [-0.39, 0.29) is 6.61 Å². The lowest BCUT2D eigenvalue weighted by atomic mass is 10.1. The summed E-state index contributed by atoms with van der Waals surface area (Å²) in [4.78, 5) is 23.9. The van der Waals surface area contributed by atoms with E-state index in [1.54, 1.807) is 13.8 Å². The van der Waals surface area contributed by atoms with Crippen molar-refractivity contribution in [1.29, 1.82) is 0 Å². The number of hydrogen-bond donors (Lipinski definition) is 0. The van der Waals surface area contributed by atoms with Crippen molar-refractivity contribution in [3.05, 3.63) is 12.7 Å². The van der Waals surface area contributed by atoms with Crippen LogP contribution < -0.4 is 0 Å². The topological polar surface area (TPSA) is 55.7 Å². The SMILES string of the molecule is C=CC(=O)OCC(C)(C)N=C=O. The molecule has 0 saturated carbocycles. The van der Waals surface area contributed by atoms with E-state index in [1.165, 1.54) is 6.08 Å². The molecule has 0 aromatic heterocycles. The number of ether oxygens (including phenoxy) is 1. The Bertz CT molecular complexity index is 226. The molecular weight excluding hydrogens is 158 g/mol. The summed E-state index contributed by atoms with van der Waals surface area (Å²) >= 11 is 0. The van der Waals surface area contributed by atoms with E-state index in [4.69, 9.17) is 0 Å². The molecule has 0 spiro atoms. The van der Waals surface area contributed by atoms with Crippen LogP contribution in [0.15, 0.2) is 17.6 Å². The van der Waals surface area contributed by atoms with Crippen LogP contribution in [0.2, 0.25) is 0 Å². The highest BCUT2D eigenvalue weighted by atomic mass is 16.5. The summed E-state index contributed by atoms with van der Waals surface area (Å²) in [5, 5.41) is 0. The first kappa shape index (κ1) is 10.6. The van der Waals surface area contributed by atoms with Gasteiger partial charge in [0.05, 0.1) is 0 Å². The lowest BCUT2D eigenvalue weighted by Crippen LogP contribution is -2.25. The fraction of sp³-hybridized carbons (Fsp3) is 0.500. The van der Waals surface area contributed by atoms with Gasteiger partial charge >= 0.3 is 5.97 Å². The second-order valence-corrected chi connectivity index (χ2v) is 2.83. The molecule has 0 rings (SSSR count). The summed E-state index contributed by atoms with van der Waals surface area (Å²) in [6.45, 7) is 6.60. The molecule has 0 aromatic rings. The minimum Gasteiger partial charge on any atom is -0.460 e. The highest BCUT2D eigenvalue weighted by Gasteiger charge is 2.17. The highest BCUT2D eigenvalue weighted by Crippen LogP contribution is 2.07. The molecule has 0 radical (unpaired) electrons. The van der Waals surface area contributed by atoms with E-state index in [9.17, 15) is 9.59 Å². The molecule has 4 nitrogen and oxygen atoms in total. The normalized spacial score (nSPS) is 9.83. The molecule has 0 amide bonds. The third kappa shape index (κ3) is 4.41. The third-order valence-corrected chi connectivity index (χ3v) is 1.08. The fourth-order valence-corrected chi connectivity index (χ4v) is 0.463. The van der Waals surface area contributed by atoms with E-state index in [1.807, 2.05) is 0 Å². The van der Waals surface area contributed by atoms with Crippen LogP contribution in [-0.4, -0.2) is 24.2 Å². The molecule has 0 aromatic carbocycles. The minimum atomic E-state index is -0.708. The van der Waals surface area contributed by atoms with Gasteiger partial charge in [-0.3, -0.25) is 0 Å². The van der Waals surface area contributed by atoms with Crippen LogP contribution in [-0.2, 0) is 14.3 Å². The van der Waals surface area contributed by atoms with Crippen LogP contribution >= 0.6 is 0 Å². The fourth-order valence-electron chi connectivity index (χ4n) is 0.463. The lowest BCUT2D eigenvalue weighted by molar-refractivity contribution is -0.139. The van der Waals surface area contributed by atoms with Crippen molar-refractivity contribution in [3.63, 3.8) is 0 Å². The van der Waals surface area contributed by atoms with Crippen molar-refractivity contribution in [2.24, 2.45) is 4.99 Å². The molecular formula is C8H11NO3. The molecule has 12 heavy (non-hydrogen) atoms. The summed E-state index contributed by atoms with van der Waals surface area (Å²) in [6.07, 6.45) is 2.46. The molecule has 0 unspecified atom stereocenters. The monoisotopic (exact) mass is 169 g/mol. The second kappa shape index (κ2) is 4.46. The van der Waals surface area contributed by atoms with Crippen LogP contribution in [0.1, 0.15) is 13.8 Å². The number of carbonyl (C=O) groups is 1. The lowest BCUT2D eigenvalue weighted by Gasteiger charge is -2.15. The number of hydrogen-bond acceptors (Lipinski definition) is 4. The van der Waals surface area contributed by atoms with Crippen LogP contribution in [0.3, 0.4) is 0 Å². The smallest absolute Gasteiger partial charge is 0.330 e. The van der Waals surface area contributed by atoms with Crippen LogP contribution in [0.5, 0.6) is 0 Å². The van der Waals surface area contributed by atoms with E-state index in [2.05, 4.69) is 16.3 Å². The molecule has 0 aliphatic heterocycles. The molecule has 0 bridgehead atoms. The van der Waals surface area contributed by atoms with Gasteiger partial charge in [-0.2, -0.15) is 4.99 Å². The Morgan fingerprint density at radius 2 is 2.33 bits per heavy atom. The van der Waals surface area contributed by atoms with E-state index in [0.29, 0.717) is 0 Å². The predicted octanol–water partition coefficient (Wildman–Crippen LogP) is 0.830. The zero-order chi connectivity index (χ0) is 9.61. The molecule has 0 atom stereocenters. The zero-order valence-electron chi connectivity index (χ0n) is 7.16. The number of isocyanates is 1. The number of carbonyl (C=O) groups excluding carboxylic acids is 2. The maximum atomic E-state index is 10.6. The Morgan fingerprint density at radius 3 is 2.75 bits per heavy atom. The average molecular weight is 169 g/mol. The quantitative estimate of drug-likeness (QED) is 0.271.